The molecule has 11 heteroatoms. The predicted octanol–water partition coefficient (Wildman–Crippen LogP) is 0.915. The molecule has 1 aliphatic heterocycles. The zero-order valence-corrected chi connectivity index (χ0v) is 13.1. The van der Waals surface area contributed by atoms with Gasteiger partial charge in [-0.15, -0.1) is 0 Å². The Hall–Kier alpha value is -2.66. The first-order valence-electron chi connectivity index (χ1n) is 6.98. The van der Waals surface area contributed by atoms with Crippen LogP contribution in [0.4, 0.5) is 5.69 Å². The fraction of sp³-hybridized carbons (Fsp3) is 0.385. The third-order valence-electron chi connectivity index (χ3n) is 3.68. The van der Waals surface area contributed by atoms with Gasteiger partial charge in [-0.25, -0.2) is 0 Å². The van der Waals surface area contributed by atoms with Crippen molar-refractivity contribution in [2.45, 2.75) is 12.5 Å². The van der Waals surface area contributed by atoms with Crippen LogP contribution in [0.25, 0.3) is 11.0 Å². The summed E-state index contributed by atoms with van der Waals surface area (Å²) < 4.78 is 13.1. The summed E-state index contributed by atoms with van der Waals surface area (Å²) in [6.45, 7) is 0.614. The van der Waals surface area contributed by atoms with E-state index in [9.17, 15) is 19.7 Å². The van der Waals surface area contributed by atoms with E-state index in [1.54, 1.807) is 0 Å². The molecule has 126 valence electrons. The number of nitro groups is 1. The molecule has 1 unspecified atom stereocenters. The average Bonchev–Trinajstić information content (AvgIpc) is 3.01. The summed E-state index contributed by atoms with van der Waals surface area (Å²) in [6.07, 6.45) is -0.256. The molecule has 24 heavy (non-hydrogen) atoms. The fourth-order valence-corrected chi connectivity index (χ4v) is 3.13. The highest BCUT2D eigenvalue weighted by atomic mass is 32.1. The molecule has 0 radical (unpaired) electrons. The van der Waals surface area contributed by atoms with Gasteiger partial charge in [-0.3, -0.25) is 19.7 Å². The molecule has 1 atom stereocenters. The van der Waals surface area contributed by atoms with Crippen molar-refractivity contribution in [3.8, 4) is 0 Å². The maximum absolute atomic E-state index is 12.7. The van der Waals surface area contributed by atoms with Crippen LogP contribution in [0.15, 0.2) is 12.1 Å². The third-order valence-corrected chi connectivity index (χ3v) is 4.23. The molecule has 0 bridgehead atoms. The maximum Gasteiger partial charge on any atom is 0.305 e. The molecule has 1 fully saturated rings. The summed E-state index contributed by atoms with van der Waals surface area (Å²) >= 11 is 0.822. The van der Waals surface area contributed by atoms with E-state index in [2.05, 4.69) is 8.75 Å². The number of rotatable bonds is 4. The number of nitro benzene ring substituents is 1. The highest BCUT2D eigenvalue weighted by molar-refractivity contribution is 7.00. The summed E-state index contributed by atoms with van der Waals surface area (Å²) in [7, 11) is 0. The van der Waals surface area contributed by atoms with Gasteiger partial charge in [0.2, 0.25) is 0 Å². The number of ether oxygens (including phenoxy) is 1. The molecule has 0 saturated carbocycles. The van der Waals surface area contributed by atoms with Crippen molar-refractivity contribution in [2.24, 2.45) is 0 Å². The Morgan fingerprint density at radius 3 is 2.96 bits per heavy atom. The standard InChI is InChI=1S/C13H12N4O6S/c18-11(19)5-8-6-23-2-1-16(8)13(20)7-3-9-12(15-24-14-9)10(4-7)17(21)22/h3-4,8H,1-2,5-6H2,(H,18,19). The maximum atomic E-state index is 12.7. The molecular weight excluding hydrogens is 340 g/mol. The number of non-ortho nitro benzene ring substituents is 1. The zero-order valence-electron chi connectivity index (χ0n) is 12.2. The molecule has 0 aliphatic carbocycles. The van der Waals surface area contributed by atoms with E-state index in [1.807, 2.05) is 0 Å². The average molecular weight is 352 g/mol. The molecule has 2 aromatic rings. The molecule has 10 nitrogen and oxygen atoms in total. The van der Waals surface area contributed by atoms with Crippen molar-refractivity contribution in [2.75, 3.05) is 19.8 Å². The molecule has 2 heterocycles. The largest absolute Gasteiger partial charge is 0.481 e. The molecular formula is C13H12N4O6S. The van der Waals surface area contributed by atoms with Gasteiger partial charge in [-0.05, 0) is 6.07 Å². The van der Waals surface area contributed by atoms with Gasteiger partial charge in [0.25, 0.3) is 11.6 Å². The van der Waals surface area contributed by atoms with Gasteiger partial charge in [0.05, 0.1) is 42.3 Å². The van der Waals surface area contributed by atoms with E-state index in [0.717, 1.165) is 17.8 Å². The first kappa shape index (κ1) is 16.2. The van der Waals surface area contributed by atoms with Crippen LogP contribution in [0.2, 0.25) is 0 Å². The van der Waals surface area contributed by atoms with Crippen LogP contribution in [-0.4, -0.2) is 61.4 Å². The van der Waals surface area contributed by atoms with E-state index in [0.29, 0.717) is 0 Å². The van der Waals surface area contributed by atoms with Crippen LogP contribution in [0.1, 0.15) is 16.8 Å². The quantitative estimate of drug-likeness (QED) is 0.633. The van der Waals surface area contributed by atoms with Gasteiger partial charge >= 0.3 is 5.97 Å². The lowest BCUT2D eigenvalue weighted by atomic mass is 10.1. The van der Waals surface area contributed by atoms with Crippen molar-refractivity contribution >= 4 is 40.3 Å². The van der Waals surface area contributed by atoms with Crippen LogP contribution in [0.5, 0.6) is 0 Å². The number of morpholine rings is 1. The highest BCUT2D eigenvalue weighted by Gasteiger charge is 2.31. The van der Waals surface area contributed by atoms with E-state index in [1.165, 1.54) is 11.0 Å². The number of carboxylic acids is 1. The number of nitrogens with zero attached hydrogens (tertiary/aromatic N) is 4. The van der Waals surface area contributed by atoms with Crippen LogP contribution in [0.3, 0.4) is 0 Å². The number of hydrogen-bond donors (Lipinski definition) is 1. The van der Waals surface area contributed by atoms with Crippen LogP contribution in [-0.2, 0) is 9.53 Å². The Labute approximate surface area is 139 Å². The second-order valence-electron chi connectivity index (χ2n) is 5.21. The minimum Gasteiger partial charge on any atom is -0.481 e. The number of benzene rings is 1. The summed E-state index contributed by atoms with van der Waals surface area (Å²) in [4.78, 5) is 35.7. The first-order valence-corrected chi connectivity index (χ1v) is 7.71. The number of aromatic nitrogens is 2. The van der Waals surface area contributed by atoms with Crippen molar-refractivity contribution in [3.05, 3.63) is 27.8 Å². The van der Waals surface area contributed by atoms with Crippen molar-refractivity contribution < 1.29 is 24.4 Å². The number of aliphatic carboxylic acids is 1. The summed E-state index contributed by atoms with van der Waals surface area (Å²) in [5, 5.41) is 20.2. The molecule has 3 rings (SSSR count). The lowest BCUT2D eigenvalue weighted by molar-refractivity contribution is -0.383. The molecule has 1 saturated heterocycles. The number of carbonyl (C=O) groups excluding carboxylic acids is 1. The van der Waals surface area contributed by atoms with Crippen LogP contribution < -0.4 is 0 Å². The van der Waals surface area contributed by atoms with Gasteiger partial charge in [-0.2, -0.15) is 8.75 Å². The molecule has 1 amide bonds. The Kier molecular flexibility index (Phi) is 4.36. The number of fused-ring (bicyclic) bond motifs is 1. The third kappa shape index (κ3) is 3.03. The topological polar surface area (TPSA) is 136 Å². The van der Waals surface area contributed by atoms with Crippen LogP contribution in [0, 0.1) is 10.1 Å². The minimum absolute atomic E-state index is 0.0826. The van der Waals surface area contributed by atoms with Crippen molar-refractivity contribution in [1.29, 1.82) is 0 Å². The van der Waals surface area contributed by atoms with Gasteiger partial charge < -0.3 is 14.7 Å². The van der Waals surface area contributed by atoms with Gasteiger partial charge in [0.15, 0.2) is 5.52 Å². The van der Waals surface area contributed by atoms with Gasteiger partial charge in [0, 0.05) is 18.2 Å². The Morgan fingerprint density at radius 2 is 2.25 bits per heavy atom. The monoisotopic (exact) mass is 352 g/mol. The number of amides is 1. The minimum atomic E-state index is -1.05. The molecule has 1 aromatic carbocycles. The molecule has 0 spiro atoms. The number of carboxylic acid groups (broad SMARTS) is 1. The van der Waals surface area contributed by atoms with Gasteiger partial charge in [-0.1, -0.05) is 0 Å². The SMILES string of the molecule is O=C(O)CC1COCCN1C(=O)c1cc([N+](=O)[O-])c2nsnc2c1. The van der Waals surface area contributed by atoms with Gasteiger partial charge in [0.1, 0.15) is 5.52 Å². The summed E-state index contributed by atoms with van der Waals surface area (Å²) in [6, 6.07) is 1.97. The molecule has 1 N–H and O–H groups in total. The van der Waals surface area contributed by atoms with Crippen molar-refractivity contribution in [1.82, 2.24) is 13.6 Å². The zero-order chi connectivity index (χ0) is 17.3. The Bertz CT molecular complexity index is 822. The molecule has 1 aromatic heterocycles. The van der Waals surface area contributed by atoms with Crippen molar-refractivity contribution in [3.63, 3.8) is 0 Å². The van der Waals surface area contributed by atoms with Crippen LogP contribution >= 0.6 is 11.7 Å². The van der Waals surface area contributed by atoms with E-state index < -0.39 is 22.8 Å². The normalized spacial score (nSPS) is 17.8. The lowest BCUT2D eigenvalue weighted by Crippen LogP contribution is -2.49. The summed E-state index contributed by atoms with van der Waals surface area (Å²) in [5.41, 5.74) is 0.179. The Morgan fingerprint density at radius 1 is 1.46 bits per heavy atom. The second kappa shape index (κ2) is 6.45. The highest BCUT2D eigenvalue weighted by Crippen LogP contribution is 2.27. The van der Waals surface area contributed by atoms with E-state index in [-0.39, 0.29) is 48.5 Å². The first-order chi connectivity index (χ1) is 11.5. The fourth-order valence-electron chi connectivity index (χ4n) is 2.59. The van der Waals surface area contributed by atoms with E-state index >= 15 is 0 Å². The smallest absolute Gasteiger partial charge is 0.305 e. The second-order valence-corrected chi connectivity index (χ2v) is 5.74. The summed E-state index contributed by atoms with van der Waals surface area (Å²) in [5.74, 6) is -1.53. The number of carbonyl (C=O) groups is 2. The van der Waals surface area contributed by atoms with E-state index in [4.69, 9.17) is 9.84 Å². The Balaban J connectivity index is 1.97. The molecule has 1 aliphatic rings. The lowest BCUT2D eigenvalue weighted by Gasteiger charge is -2.34. The number of hydrogen-bond acceptors (Lipinski definition) is 8. The predicted molar refractivity (Wildman–Crippen MR) is 82.0 cm³/mol.